The molecule has 3 N–H and O–H groups in total. The number of hydrogen-bond donors (Lipinski definition) is 2. The summed E-state index contributed by atoms with van der Waals surface area (Å²) in [5, 5.41) is 8.30. The first-order valence-corrected chi connectivity index (χ1v) is 7.79. The number of aryl methyl sites for hydroxylation is 1. The fourth-order valence-electron chi connectivity index (χ4n) is 2.91. The third-order valence-corrected chi connectivity index (χ3v) is 4.29. The van der Waals surface area contributed by atoms with Gasteiger partial charge in [-0.15, -0.1) is 0 Å². The molecule has 22 heavy (non-hydrogen) atoms. The van der Waals surface area contributed by atoms with E-state index in [1.807, 2.05) is 36.0 Å². The van der Waals surface area contributed by atoms with Gasteiger partial charge in [0, 0.05) is 30.8 Å². The molecule has 0 radical (unpaired) electrons. The lowest BCUT2D eigenvalue weighted by atomic mass is 9.92. The first kappa shape index (κ1) is 15.0. The molecule has 0 spiro atoms. The van der Waals surface area contributed by atoms with E-state index in [4.69, 9.17) is 10.5 Å². The van der Waals surface area contributed by atoms with E-state index in [0.717, 1.165) is 36.0 Å². The van der Waals surface area contributed by atoms with Crippen LogP contribution in [0.25, 0.3) is 10.9 Å². The van der Waals surface area contributed by atoms with Crippen LogP contribution >= 0.6 is 0 Å². The molecule has 0 saturated carbocycles. The van der Waals surface area contributed by atoms with Crippen molar-refractivity contribution in [2.75, 3.05) is 18.5 Å². The zero-order chi connectivity index (χ0) is 15.5. The number of nitrogens with one attached hydrogen (secondary N) is 1. The van der Waals surface area contributed by atoms with Crippen LogP contribution in [0.4, 0.5) is 5.69 Å². The molecule has 1 fully saturated rings. The van der Waals surface area contributed by atoms with Crippen LogP contribution in [0.15, 0.2) is 24.4 Å². The average molecular weight is 302 g/mol. The van der Waals surface area contributed by atoms with E-state index in [-0.39, 0.29) is 11.8 Å². The molecule has 0 aliphatic carbocycles. The molecule has 1 atom stereocenters. The van der Waals surface area contributed by atoms with Crippen LogP contribution in [-0.4, -0.2) is 34.9 Å². The van der Waals surface area contributed by atoms with Gasteiger partial charge in [0.2, 0.25) is 5.91 Å². The van der Waals surface area contributed by atoms with Crippen LogP contribution in [0.2, 0.25) is 0 Å². The maximum Gasteiger partial charge on any atom is 0.241 e. The third-order valence-electron chi connectivity index (χ3n) is 4.29. The molecular formula is C16H22N4O2. The van der Waals surface area contributed by atoms with Gasteiger partial charge in [-0.25, -0.2) is 0 Å². The average Bonchev–Trinajstić information content (AvgIpc) is 2.97. The summed E-state index contributed by atoms with van der Waals surface area (Å²) in [6.45, 7) is 4.21. The van der Waals surface area contributed by atoms with Crippen molar-refractivity contribution < 1.29 is 9.53 Å². The Morgan fingerprint density at radius 1 is 1.50 bits per heavy atom. The largest absolute Gasteiger partial charge is 0.381 e. The Bertz CT molecular complexity index is 661. The summed E-state index contributed by atoms with van der Waals surface area (Å²) in [6.07, 6.45) is 3.52. The normalized spacial score (nSPS) is 17.5. The number of nitrogens with two attached hydrogens (primary N) is 1. The van der Waals surface area contributed by atoms with E-state index in [9.17, 15) is 4.79 Å². The molecule has 1 aromatic heterocycles. The smallest absolute Gasteiger partial charge is 0.241 e. The molecule has 3 rings (SSSR count). The number of carbonyl (C=O) groups excluding carboxylic acids is 1. The topological polar surface area (TPSA) is 82.2 Å². The van der Waals surface area contributed by atoms with Gasteiger partial charge in [0.1, 0.15) is 0 Å². The lowest BCUT2D eigenvalue weighted by Gasteiger charge is -2.26. The van der Waals surface area contributed by atoms with Gasteiger partial charge in [0.25, 0.3) is 0 Å². The molecule has 2 aromatic rings. The second kappa shape index (κ2) is 6.46. The van der Waals surface area contributed by atoms with E-state index in [1.165, 1.54) is 0 Å². The molecule has 118 valence electrons. The van der Waals surface area contributed by atoms with Crippen molar-refractivity contribution in [3.05, 3.63) is 24.4 Å². The number of carbonyl (C=O) groups is 1. The van der Waals surface area contributed by atoms with Crippen LogP contribution in [0, 0.1) is 5.92 Å². The van der Waals surface area contributed by atoms with Gasteiger partial charge in [0.05, 0.1) is 17.8 Å². The molecule has 1 amide bonds. The van der Waals surface area contributed by atoms with E-state index >= 15 is 0 Å². The van der Waals surface area contributed by atoms with Crippen molar-refractivity contribution >= 4 is 22.5 Å². The van der Waals surface area contributed by atoms with Crippen LogP contribution < -0.4 is 11.1 Å². The highest BCUT2D eigenvalue weighted by atomic mass is 16.5. The molecule has 2 heterocycles. The molecule has 1 aliphatic heterocycles. The Hall–Kier alpha value is -1.92. The van der Waals surface area contributed by atoms with E-state index in [0.29, 0.717) is 13.2 Å². The molecule has 1 aliphatic rings. The second-order valence-corrected chi connectivity index (χ2v) is 5.70. The van der Waals surface area contributed by atoms with Crippen LogP contribution in [0.5, 0.6) is 0 Å². The Kier molecular flexibility index (Phi) is 4.40. The summed E-state index contributed by atoms with van der Waals surface area (Å²) in [5.41, 5.74) is 7.88. The molecule has 6 heteroatoms. The summed E-state index contributed by atoms with van der Waals surface area (Å²) in [5.74, 6) is 0.0625. The van der Waals surface area contributed by atoms with Crippen molar-refractivity contribution in [2.24, 2.45) is 11.7 Å². The lowest BCUT2D eigenvalue weighted by Crippen LogP contribution is -2.44. The van der Waals surface area contributed by atoms with Gasteiger partial charge >= 0.3 is 0 Å². The highest BCUT2D eigenvalue weighted by molar-refractivity contribution is 5.96. The highest BCUT2D eigenvalue weighted by Gasteiger charge is 2.26. The van der Waals surface area contributed by atoms with Crippen LogP contribution in [-0.2, 0) is 16.1 Å². The van der Waals surface area contributed by atoms with Gasteiger partial charge in [0.15, 0.2) is 0 Å². The zero-order valence-electron chi connectivity index (χ0n) is 12.8. The number of nitrogens with zero attached hydrogens (tertiary/aromatic N) is 2. The third kappa shape index (κ3) is 2.98. The molecule has 1 saturated heterocycles. The summed E-state index contributed by atoms with van der Waals surface area (Å²) >= 11 is 0. The van der Waals surface area contributed by atoms with Crippen molar-refractivity contribution in [3.8, 4) is 0 Å². The van der Waals surface area contributed by atoms with Crippen molar-refractivity contribution in [2.45, 2.75) is 32.4 Å². The summed E-state index contributed by atoms with van der Waals surface area (Å²) in [7, 11) is 0. The maximum absolute atomic E-state index is 12.3. The fraction of sp³-hybridized carbons (Fsp3) is 0.500. The number of amides is 1. The van der Waals surface area contributed by atoms with E-state index < -0.39 is 6.04 Å². The number of fused-ring (bicyclic) bond motifs is 1. The van der Waals surface area contributed by atoms with Crippen LogP contribution in [0.1, 0.15) is 19.8 Å². The van der Waals surface area contributed by atoms with E-state index in [1.54, 1.807) is 0 Å². The van der Waals surface area contributed by atoms with Gasteiger partial charge in [-0.1, -0.05) is 0 Å². The predicted octanol–water partition coefficient (Wildman–Crippen LogP) is 1.75. The predicted molar refractivity (Wildman–Crippen MR) is 85.6 cm³/mol. The monoisotopic (exact) mass is 302 g/mol. The molecular weight excluding hydrogens is 280 g/mol. The van der Waals surface area contributed by atoms with Gasteiger partial charge in [-0.05, 0) is 43.9 Å². The lowest BCUT2D eigenvalue weighted by molar-refractivity contribution is -0.119. The standard InChI is InChI=1S/C16H22N4O2/c1-2-20-14-9-13(4-3-12(14)10-18-20)19-16(21)15(17)11-5-7-22-8-6-11/h3-4,9-11,15H,2,5-8,17H2,1H3,(H,19,21). The Morgan fingerprint density at radius 3 is 3.00 bits per heavy atom. The summed E-state index contributed by atoms with van der Waals surface area (Å²) in [4.78, 5) is 12.3. The minimum atomic E-state index is -0.490. The summed E-state index contributed by atoms with van der Waals surface area (Å²) in [6, 6.07) is 5.30. The van der Waals surface area contributed by atoms with Gasteiger partial charge < -0.3 is 15.8 Å². The zero-order valence-corrected chi connectivity index (χ0v) is 12.8. The van der Waals surface area contributed by atoms with Gasteiger partial charge in [-0.2, -0.15) is 5.10 Å². The van der Waals surface area contributed by atoms with E-state index in [2.05, 4.69) is 10.4 Å². The fourth-order valence-corrected chi connectivity index (χ4v) is 2.91. The minimum absolute atomic E-state index is 0.131. The number of anilines is 1. The van der Waals surface area contributed by atoms with Crippen LogP contribution in [0.3, 0.4) is 0 Å². The quantitative estimate of drug-likeness (QED) is 0.901. The van der Waals surface area contributed by atoms with Crippen molar-refractivity contribution in [1.82, 2.24) is 9.78 Å². The number of ether oxygens (including phenoxy) is 1. The highest BCUT2D eigenvalue weighted by Crippen LogP contribution is 2.21. The molecule has 1 unspecified atom stereocenters. The Labute approximate surface area is 129 Å². The summed E-state index contributed by atoms with van der Waals surface area (Å²) < 4.78 is 7.22. The maximum atomic E-state index is 12.3. The van der Waals surface area contributed by atoms with Crippen molar-refractivity contribution in [1.29, 1.82) is 0 Å². The Balaban J connectivity index is 1.72. The molecule has 1 aromatic carbocycles. The number of benzene rings is 1. The number of aromatic nitrogens is 2. The molecule has 6 nitrogen and oxygen atoms in total. The van der Waals surface area contributed by atoms with Crippen molar-refractivity contribution in [3.63, 3.8) is 0 Å². The number of rotatable bonds is 4. The Morgan fingerprint density at radius 2 is 2.27 bits per heavy atom. The van der Waals surface area contributed by atoms with Gasteiger partial charge in [-0.3, -0.25) is 9.48 Å². The molecule has 0 bridgehead atoms. The first-order valence-electron chi connectivity index (χ1n) is 7.79. The first-order chi connectivity index (χ1) is 10.7. The minimum Gasteiger partial charge on any atom is -0.381 e. The second-order valence-electron chi connectivity index (χ2n) is 5.70. The SMILES string of the molecule is CCn1ncc2ccc(NC(=O)C(N)C3CCOCC3)cc21. The number of hydrogen-bond acceptors (Lipinski definition) is 4.